The van der Waals surface area contributed by atoms with Gasteiger partial charge >= 0.3 is 6.18 Å². The molecule has 2 rings (SSSR count). The van der Waals surface area contributed by atoms with Crippen LogP contribution in [0.4, 0.5) is 13.2 Å². The second-order valence-electron chi connectivity index (χ2n) is 5.22. The fourth-order valence-corrected chi connectivity index (χ4v) is 2.41. The summed E-state index contributed by atoms with van der Waals surface area (Å²) >= 11 is 3.31. The quantitative estimate of drug-likeness (QED) is 0.797. The van der Waals surface area contributed by atoms with E-state index in [4.69, 9.17) is 0 Å². The zero-order valence-corrected chi connectivity index (χ0v) is 13.9. The Bertz CT molecular complexity index is 683. The molecule has 2 nitrogen and oxygen atoms in total. The summed E-state index contributed by atoms with van der Waals surface area (Å²) < 4.78 is 39.1. The molecule has 2 aromatic rings. The number of alkyl halides is 3. The number of amides is 1. The molecule has 0 heterocycles. The first-order valence-corrected chi connectivity index (χ1v) is 7.76. The first-order chi connectivity index (χ1) is 10.8. The molecule has 6 heteroatoms. The van der Waals surface area contributed by atoms with Crippen molar-refractivity contribution in [1.29, 1.82) is 0 Å². The third-order valence-corrected chi connectivity index (χ3v) is 3.90. The largest absolute Gasteiger partial charge is 0.416 e. The van der Waals surface area contributed by atoms with Gasteiger partial charge in [0.05, 0.1) is 18.0 Å². The Kier molecular flexibility index (Phi) is 5.46. The van der Waals surface area contributed by atoms with Crippen LogP contribution in [0.15, 0.2) is 53.0 Å². The van der Waals surface area contributed by atoms with E-state index in [1.807, 2.05) is 24.3 Å². The number of carbonyl (C=O) groups excluding carboxylic acids is 1. The van der Waals surface area contributed by atoms with E-state index in [0.717, 1.165) is 22.2 Å². The zero-order chi connectivity index (χ0) is 17.0. The number of hydrogen-bond acceptors (Lipinski definition) is 1. The summed E-state index contributed by atoms with van der Waals surface area (Å²) in [5.41, 5.74) is 0.537. The van der Waals surface area contributed by atoms with Crippen molar-refractivity contribution in [2.24, 2.45) is 0 Å². The Morgan fingerprint density at radius 1 is 1.17 bits per heavy atom. The molecule has 1 unspecified atom stereocenters. The molecule has 0 bridgehead atoms. The highest BCUT2D eigenvalue weighted by Crippen LogP contribution is 2.30. The summed E-state index contributed by atoms with van der Waals surface area (Å²) in [6.07, 6.45) is -4.21. The second-order valence-corrected chi connectivity index (χ2v) is 6.13. The van der Waals surface area contributed by atoms with Crippen molar-refractivity contribution in [3.8, 4) is 0 Å². The maximum Gasteiger partial charge on any atom is 0.416 e. The molecule has 0 saturated heterocycles. The number of hydrogen-bond donors (Lipinski definition) is 1. The molecule has 0 saturated carbocycles. The summed E-state index contributed by atoms with van der Waals surface area (Å²) in [4.78, 5) is 12.0. The third kappa shape index (κ3) is 5.10. The van der Waals surface area contributed by atoms with E-state index in [9.17, 15) is 18.0 Å². The molecule has 0 aromatic heterocycles. The van der Waals surface area contributed by atoms with Gasteiger partial charge in [-0.25, -0.2) is 0 Å². The molecule has 1 N–H and O–H groups in total. The molecule has 0 aliphatic carbocycles. The lowest BCUT2D eigenvalue weighted by molar-refractivity contribution is -0.137. The fraction of sp³-hybridized carbons (Fsp3) is 0.235. The van der Waals surface area contributed by atoms with Gasteiger partial charge in [-0.3, -0.25) is 4.79 Å². The van der Waals surface area contributed by atoms with Gasteiger partial charge in [0.2, 0.25) is 5.91 Å². The van der Waals surface area contributed by atoms with Crippen molar-refractivity contribution in [1.82, 2.24) is 5.32 Å². The Morgan fingerprint density at radius 3 is 2.43 bits per heavy atom. The SMILES string of the molecule is CC(NC(=O)Cc1ccc(Br)cc1)c1cccc(C(F)(F)F)c1. The molecule has 0 aliphatic heterocycles. The number of rotatable bonds is 4. The van der Waals surface area contributed by atoms with Gasteiger partial charge in [0.1, 0.15) is 0 Å². The topological polar surface area (TPSA) is 29.1 Å². The average molecular weight is 386 g/mol. The summed E-state index contributed by atoms with van der Waals surface area (Å²) in [5.74, 6) is -0.239. The van der Waals surface area contributed by atoms with Gasteiger partial charge in [0, 0.05) is 4.47 Å². The highest BCUT2D eigenvalue weighted by atomic mass is 79.9. The number of halogens is 4. The minimum absolute atomic E-state index is 0.177. The summed E-state index contributed by atoms with van der Waals surface area (Å²) in [7, 11) is 0. The van der Waals surface area contributed by atoms with Crippen molar-refractivity contribution in [2.45, 2.75) is 25.6 Å². The number of nitrogens with one attached hydrogen (secondary N) is 1. The van der Waals surface area contributed by atoms with Gasteiger partial charge in [-0.1, -0.05) is 40.2 Å². The lowest BCUT2D eigenvalue weighted by Crippen LogP contribution is -2.28. The Morgan fingerprint density at radius 2 is 1.83 bits per heavy atom. The van der Waals surface area contributed by atoms with Crippen molar-refractivity contribution in [3.63, 3.8) is 0 Å². The molecule has 1 amide bonds. The van der Waals surface area contributed by atoms with Crippen molar-refractivity contribution >= 4 is 21.8 Å². The van der Waals surface area contributed by atoms with E-state index in [1.165, 1.54) is 6.07 Å². The van der Waals surface area contributed by atoms with Crippen LogP contribution in [0, 0.1) is 0 Å². The molecule has 1 atom stereocenters. The van der Waals surface area contributed by atoms with Crippen molar-refractivity contribution < 1.29 is 18.0 Å². The average Bonchev–Trinajstić information content (AvgIpc) is 2.49. The van der Waals surface area contributed by atoms with Crippen LogP contribution in [0.3, 0.4) is 0 Å². The van der Waals surface area contributed by atoms with Crippen LogP contribution in [-0.4, -0.2) is 5.91 Å². The molecule has 0 fully saturated rings. The van der Waals surface area contributed by atoms with Gasteiger partial charge in [-0.15, -0.1) is 0 Å². The maximum absolute atomic E-state index is 12.7. The first-order valence-electron chi connectivity index (χ1n) is 6.96. The van der Waals surface area contributed by atoms with Crippen LogP contribution in [0.2, 0.25) is 0 Å². The number of benzene rings is 2. The highest BCUT2D eigenvalue weighted by molar-refractivity contribution is 9.10. The minimum Gasteiger partial charge on any atom is -0.349 e. The molecular formula is C17H15BrF3NO. The molecule has 122 valence electrons. The molecule has 0 aliphatic rings. The summed E-state index contributed by atoms with van der Waals surface area (Å²) in [6, 6.07) is 11.8. The Labute approximate surface area is 140 Å². The highest BCUT2D eigenvalue weighted by Gasteiger charge is 2.30. The van der Waals surface area contributed by atoms with Crippen LogP contribution in [0.5, 0.6) is 0 Å². The minimum atomic E-state index is -4.39. The van der Waals surface area contributed by atoms with Gasteiger partial charge in [0.15, 0.2) is 0 Å². The predicted octanol–water partition coefficient (Wildman–Crippen LogP) is 4.89. The van der Waals surface area contributed by atoms with Gasteiger partial charge < -0.3 is 5.32 Å². The van der Waals surface area contributed by atoms with Crippen LogP contribution in [-0.2, 0) is 17.4 Å². The second kappa shape index (κ2) is 7.17. The van der Waals surface area contributed by atoms with E-state index in [0.29, 0.717) is 5.56 Å². The van der Waals surface area contributed by atoms with E-state index < -0.39 is 17.8 Å². The van der Waals surface area contributed by atoms with Crippen LogP contribution in [0.25, 0.3) is 0 Å². The normalized spacial score (nSPS) is 12.7. The van der Waals surface area contributed by atoms with Crippen molar-refractivity contribution in [2.75, 3.05) is 0 Å². The van der Waals surface area contributed by atoms with Crippen LogP contribution < -0.4 is 5.32 Å². The fourth-order valence-electron chi connectivity index (χ4n) is 2.15. The van der Waals surface area contributed by atoms with Gasteiger partial charge in [-0.2, -0.15) is 13.2 Å². The monoisotopic (exact) mass is 385 g/mol. The van der Waals surface area contributed by atoms with Gasteiger partial charge in [0.25, 0.3) is 0 Å². The van der Waals surface area contributed by atoms with E-state index in [-0.39, 0.29) is 12.3 Å². The molecule has 2 aromatic carbocycles. The van der Waals surface area contributed by atoms with Crippen LogP contribution in [0.1, 0.15) is 29.7 Å². The molecule has 0 radical (unpaired) electrons. The van der Waals surface area contributed by atoms with E-state index >= 15 is 0 Å². The smallest absolute Gasteiger partial charge is 0.349 e. The standard InChI is InChI=1S/C17H15BrF3NO/c1-11(13-3-2-4-14(10-13)17(19,20)21)22-16(23)9-12-5-7-15(18)8-6-12/h2-8,10-11H,9H2,1H3,(H,22,23). The zero-order valence-electron chi connectivity index (χ0n) is 12.3. The third-order valence-electron chi connectivity index (χ3n) is 3.37. The van der Waals surface area contributed by atoms with E-state index in [1.54, 1.807) is 13.0 Å². The summed E-state index contributed by atoms with van der Waals surface area (Å²) in [6.45, 7) is 1.66. The Hall–Kier alpha value is -1.82. The Balaban J connectivity index is 2.02. The number of carbonyl (C=O) groups is 1. The van der Waals surface area contributed by atoms with Gasteiger partial charge in [-0.05, 0) is 42.3 Å². The van der Waals surface area contributed by atoms with Crippen LogP contribution >= 0.6 is 15.9 Å². The molecular weight excluding hydrogens is 371 g/mol. The van der Waals surface area contributed by atoms with E-state index in [2.05, 4.69) is 21.2 Å². The lowest BCUT2D eigenvalue weighted by atomic mass is 10.0. The predicted molar refractivity (Wildman–Crippen MR) is 85.8 cm³/mol. The van der Waals surface area contributed by atoms with Crippen molar-refractivity contribution in [3.05, 3.63) is 69.7 Å². The summed E-state index contributed by atoms with van der Waals surface area (Å²) in [5, 5.41) is 2.72. The molecule has 23 heavy (non-hydrogen) atoms. The molecule has 0 spiro atoms. The lowest BCUT2D eigenvalue weighted by Gasteiger charge is -2.16. The first kappa shape index (κ1) is 17.5. The maximum atomic E-state index is 12.7.